The molecule has 0 saturated heterocycles. The lowest BCUT2D eigenvalue weighted by molar-refractivity contribution is 0.0387. The SMILES string of the molecule is O=C(OC(=O)c1cccc(-c2ccccc2)c1C(=O)O)c1cccc(-c2ccccc2)c1C(=O)O. The van der Waals surface area contributed by atoms with Crippen molar-refractivity contribution in [1.82, 2.24) is 0 Å². The van der Waals surface area contributed by atoms with Crippen LogP contribution in [0.25, 0.3) is 22.3 Å². The highest BCUT2D eigenvalue weighted by atomic mass is 16.6. The van der Waals surface area contributed by atoms with Crippen LogP contribution in [-0.2, 0) is 4.74 Å². The largest absolute Gasteiger partial charge is 0.478 e. The van der Waals surface area contributed by atoms with Gasteiger partial charge in [-0.1, -0.05) is 84.9 Å². The molecule has 0 fully saturated rings. The normalized spacial score (nSPS) is 10.4. The Kier molecular flexibility index (Phi) is 6.50. The predicted octanol–water partition coefficient (Wildman–Crippen LogP) is 5.41. The van der Waals surface area contributed by atoms with Crippen molar-refractivity contribution in [3.8, 4) is 22.3 Å². The van der Waals surface area contributed by atoms with E-state index < -0.39 is 23.9 Å². The molecule has 4 rings (SSSR count). The monoisotopic (exact) mass is 466 g/mol. The van der Waals surface area contributed by atoms with Crippen LogP contribution in [-0.4, -0.2) is 34.1 Å². The van der Waals surface area contributed by atoms with E-state index in [1.807, 2.05) is 0 Å². The number of carbonyl (C=O) groups excluding carboxylic acids is 2. The Morgan fingerprint density at radius 2 is 0.857 bits per heavy atom. The maximum Gasteiger partial charge on any atom is 0.346 e. The summed E-state index contributed by atoms with van der Waals surface area (Å²) in [5, 5.41) is 19.6. The fourth-order valence-corrected chi connectivity index (χ4v) is 3.82. The first-order chi connectivity index (χ1) is 16.9. The van der Waals surface area contributed by atoms with E-state index in [0.717, 1.165) is 0 Å². The summed E-state index contributed by atoms with van der Waals surface area (Å²) < 4.78 is 4.98. The summed E-state index contributed by atoms with van der Waals surface area (Å²) in [6.07, 6.45) is 0. The molecule has 0 aromatic heterocycles. The zero-order valence-corrected chi connectivity index (χ0v) is 18.2. The molecule has 2 N–H and O–H groups in total. The average molecular weight is 466 g/mol. The van der Waals surface area contributed by atoms with Gasteiger partial charge in [-0.15, -0.1) is 0 Å². The van der Waals surface area contributed by atoms with Crippen LogP contribution < -0.4 is 0 Å². The first-order valence-electron chi connectivity index (χ1n) is 10.5. The Morgan fingerprint density at radius 1 is 0.486 bits per heavy atom. The molecule has 7 heteroatoms. The number of carboxylic acids is 2. The highest BCUT2D eigenvalue weighted by Crippen LogP contribution is 2.29. The second-order valence-electron chi connectivity index (χ2n) is 7.48. The summed E-state index contributed by atoms with van der Waals surface area (Å²) in [6.45, 7) is 0. The van der Waals surface area contributed by atoms with Crippen LogP contribution in [0.2, 0.25) is 0 Å². The second kappa shape index (κ2) is 9.84. The van der Waals surface area contributed by atoms with Gasteiger partial charge >= 0.3 is 23.9 Å². The second-order valence-corrected chi connectivity index (χ2v) is 7.48. The van der Waals surface area contributed by atoms with Crippen molar-refractivity contribution < 1.29 is 34.1 Å². The molecule has 0 aliphatic heterocycles. The molecule has 0 radical (unpaired) electrons. The van der Waals surface area contributed by atoms with Gasteiger partial charge in [0.1, 0.15) is 0 Å². The Balaban J connectivity index is 1.73. The molecule has 4 aromatic rings. The van der Waals surface area contributed by atoms with Crippen molar-refractivity contribution in [2.45, 2.75) is 0 Å². The fraction of sp³-hybridized carbons (Fsp3) is 0. The molecule has 0 unspecified atom stereocenters. The molecule has 0 aliphatic carbocycles. The van der Waals surface area contributed by atoms with Gasteiger partial charge in [0.05, 0.1) is 22.3 Å². The minimum absolute atomic E-state index is 0.275. The van der Waals surface area contributed by atoms with Crippen molar-refractivity contribution in [3.63, 3.8) is 0 Å². The number of hydrogen-bond donors (Lipinski definition) is 2. The number of benzene rings is 4. The minimum Gasteiger partial charge on any atom is -0.478 e. The molecule has 7 nitrogen and oxygen atoms in total. The molecule has 4 aromatic carbocycles. The van der Waals surface area contributed by atoms with Gasteiger partial charge in [-0.25, -0.2) is 19.2 Å². The van der Waals surface area contributed by atoms with Crippen molar-refractivity contribution >= 4 is 23.9 Å². The van der Waals surface area contributed by atoms with Gasteiger partial charge in [0.2, 0.25) is 0 Å². The molecule has 0 aliphatic rings. The van der Waals surface area contributed by atoms with Gasteiger partial charge in [0.15, 0.2) is 0 Å². The summed E-state index contributed by atoms with van der Waals surface area (Å²) in [5.74, 6) is -5.15. The van der Waals surface area contributed by atoms with Crippen LogP contribution in [0.4, 0.5) is 0 Å². The van der Waals surface area contributed by atoms with Crippen molar-refractivity contribution in [2.75, 3.05) is 0 Å². The third-order valence-corrected chi connectivity index (χ3v) is 5.35. The number of carboxylic acid groups (broad SMARTS) is 2. The smallest absolute Gasteiger partial charge is 0.346 e. The van der Waals surface area contributed by atoms with E-state index in [4.69, 9.17) is 4.74 Å². The summed E-state index contributed by atoms with van der Waals surface area (Å²) in [6, 6.07) is 25.7. The Hall–Kier alpha value is -5.04. The van der Waals surface area contributed by atoms with Crippen LogP contribution >= 0.6 is 0 Å². The van der Waals surface area contributed by atoms with Gasteiger partial charge in [-0.05, 0) is 34.4 Å². The Morgan fingerprint density at radius 3 is 1.20 bits per heavy atom. The number of ether oxygens (including phenoxy) is 1. The van der Waals surface area contributed by atoms with E-state index in [-0.39, 0.29) is 33.4 Å². The van der Waals surface area contributed by atoms with Gasteiger partial charge < -0.3 is 14.9 Å². The van der Waals surface area contributed by atoms with Crippen molar-refractivity contribution in [1.29, 1.82) is 0 Å². The minimum atomic E-state index is -1.37. The van der Waals surface area contributed by atoms with Gasteiger partial charge in [0, 0.05) is 0 Å². The maximum atomic E-state index is 12.9. The number of carbonyl (C=O) groups is 4. The molecule has 0 atom stereocenters. The maximum absolute atomic E-state index is 12.9. The standard InChI is InChI=1S/C28H18O7/c29-25(30)23-19(17-9-3-1-4-10-17)13-7-15-21(23)27(33)35-28(34)22-16-8-14-20(24(22)26(31)32)18-11-5-2-6-12-18/h1-16H,(H,29,30)(H,31,32). The van der Waals surface area contributed by atoms with E-state index in [1.165, 1.54) is 24.3 Å². The van der Waals surface area contributed by atoms with Gasteiger partial charge in [-0.2, -0.15) is 0 Å². The molecule has 172 valence electrons. The van der Waals surface area contributed by atoms with Gasteiger partial charge in [-0.3, -0.25) is 0 Å². The molecule has 0 spiro atoms. The first-order valence-corrected chi connectivity index (χ1v) is 10.5. The molecule has 0 bridgehead atoms. The van der Waals surface area contributed by atoms with Crippen LogP contribution in [0.3, 0.4) is 0 Å². The van der Waals surface area contributed by atoms with Crippen LogP contribution in [0.1, 0.15) is 41.4 Å². The summed E-state index contributed by atoms with van der Waals surface area (Å²) >= 11 is 0. The molecule has 0 saturated carbocycles. The lowest BCUT2D eigenvalue weighted by atomic mass is 9.95. The van der Waals surface area contributed by atoms with Crippen LogP contribution in [0.5, 0.6) is 0 Å². The van der Waals surface area contributed by atoms with E-state index in [1.54, 1.807) is 72.8 Å². The number of hydrogen-bond acceptors (Lipinski definition) is 5. The summed E-state index contributed by atoms with van der Waals surface area (Å²) in [7, 11) is 0. The molecule has 0 heterocycles. The predicted molar refractivity (Wildman–Crippen MR) is 127 cm³/mol. The van der Waals surface area contributed by atoms with Crippen LogP contribution in [0, 0.1) is 0 Å². The molecule has 35 heavy (non-hydrogen) atoms. The van der Waals surface area contributed by atoms with Crippen molar-refractivity contribution in [3.05, 3.63) is 119 Å². The van der Waals surface area contributed by atoms with E-state index >= 15 is 0 Å². The molecular formula is C28H18O7. The Labute approximate surface area is 199 Å². The first kappa shape index (κ1) is 23.1. The highest BCUT2D eigenvalue weighted by Gasteiger charge is 2.27. The summed E-state index contributed by atoms with van der Waals surface area (Å²) in [5.41, 5.74) is 0.367. The lowest BCUT2D eigenvalue weighted by Gasteiger charge is -2.13. The van der Waals surface area contributed by atoms with Gasteiger partial charge in [0.25, 0.3) is 0 Å². The fourth-order valence-electron chi connectivity index (χ4n) is 3.82. The third kappa shape index (κ3) is 4.69. The highest BCUT2D eigenvalue weighted by molar-refractivity contribution is 6.13. The molecular weight excluding hydrogens is 448 g/mol. The number of aromatic carboxylic acids is 2. The van der Waals surface area contributed by atoms with Crippen molar-refractivity contribution in [2.24, 2.45) is 0 Å². The zero-order valence-electron chi connectivity index (χ0n) is 18.2. The molecule has 0 amide bonds. The van der Waals surface area contributed by atoms with E-state index in [0.29, 0.717) is 11.1 Å². The average Bonchev–Trinajstić information content (AvgIpc) is 2.88. The lowest BCUT2D eigenvalue weighted by Crippen LogP contribution is -2.19. The zero-order chi connectivity index (χ0) is 24.9. The van der Waals surface area contributed by atoms with E-state index in [9.17, 15) is 29.4 Å². The summed E-state index contributed by atoms with van der Waals surface area (Å²) in [4.78, 5) is 49.9. The van der Waals surface area contributed by atoms with Crippen LogP contribution in [0.15, 0.2) is 97.1 Å². The topological polar surface area (TPSA) is 118 Å². The van der Waals surface area contributed by atoms with E-state index in [2.05, 4.69) is 0 Å². The third-order valence-electron chi connectivity index (χ3n) is 5.35. The number of rotatable bonds is 6. The Bertz CT molecular complexity index is 1330. The quantitative estimate of drug-likeness (QED) is 0.288. The number of esters is 2.